The molecule has 18 heavy (non-hydrogen) atoms. The van der Waals surface area contributed by atoms with Crippen molar-refractivity contribution >= 4 is 5.91 Å². The number of hydrogen-bond donors (Lipinski definition) is 2. The van der Waals surface area contributed by atoms with Crippen molar-refractivity contribution in [3.63, 3.8) is 0 Å². The van der Waals surface area contributed by atoms with Crippen molar-refractivity contribution in [2.75, 3.05) is 6.54 Å². The number of carbonyl (C=O) groups is 1. The van der Waals surface area contributed by atoms with E-state index >= 15 is 0 Å². The first kappa shape index (κ1) is 14.7. The average molecular weight is 248 g/mol. The molecule has 100 valence electrons. The topological polar surface area (TPSA) is 55.1 Å². The van der Waals surface area contributed by atoms with E-state index in [9.17, 15) is 4.79 Å². The minimum atomic E-state index is -0.406. The highest BCUT2D eigenvalue weighted by Crippen LogP contribution is 2.17. The summed E-state index contributed by atoms with van der Waals surface area (Å²) in [7, 11) is 0. The number of nitrogens with one attached hydrogen (secondary N) is 1. The van der Waals surface area contributed by atoms with E-state index in [1.807, 2.05) is 32.0 Å². The second-order valence-electron chi connectivity index (χ2n) is 5.16. The second-order valence-corrected chi connectivity index (χ2v) is 5.16. The first-order valence-electron chi connectivity index (χ1n) is 6.60. The zero-order valence-electron chi connectivity index (χ0n) is 11.5. The monoisotopic (exact) mass is 248 g/mol. The molecule has 0 aliphatic rings. The lowest BCUT2D eigenvalue weighted by Gasteiger charge is -2.17. The van der Waals surface area contributed by atoms with Gasteiger partial charge < -0.3 is 11.1 Å². The molecule has 0 saturated carbocycles. The average Bonchev–Trinajstić information content (AvgIpc) is 2.38. The zero-order chi connectivity index (χ0) is 13.5. The summed E-state index contributed by atoms with van der Waals surface area (Å²) in [4.78, 5) is 11.7. The Morgan fingerprint density at radius 3 is 2.39 bits per heavy atom. The number of carbonyl (C=O) groups excluding carboxylic acids is 1. The predicted molar refractivity (Wildman–Crippen MR) is 75.3 cm³/mol. The molecule has 0 saturated heterocycles. The molecule has 0 aromatic heterocycles. The Morgan fingerprint density at radius 2 is 1.83 bits per heavy atom. The van der Waals surface area contributed by atoms with Crippen molar-refractivity contribution in [2.45, 2.75) is 39.2 Å². The summed E-state index contributed by atoms with van der Waals surface area (Å²) in [6.45, 7) is 6.76. The molecule has 2 unspecified atom stereocenters. The van der Waals surface area contributed by atoms with E-state index in [4.69, 9.17) is 5.73 Å². The Kier molecular flexibility index (Phi) is 5.86. The smallest absolute Gasteiger partial charge is 0.237 e. The van der Waals surface area contributed by atoms with Gasteiger partial charge in [-0.25, -0.2) is 0 Å². The summed E-state index contributed by atoms with van der Waals surface area (Å²) >= 11 is 0. The van der Waals surface area contributed by atoms with Gasteiger partial charge in [-0.05, 0) is 23.8 Å². The third kappa shape index (κ3) is 4.49. The predicted octanol–water partition coefficient (Wildman–Crippen LogP) is 2.28. The minimum Gasteiger partial charge on any atom is -0.355 e. The third-order valence-electron chi connectivity index (χ3n) is 3.27. The summed E-state index contributed by atoms with van der Waals surface area (Å²) < 4.78 is 0. The standard InChI is InChI=1S/C15H24N2O/c1-11(2)14(16)15(18)17-10-9-12(3)13-7-5-4-6-8-13/h4-8,11-12,14H,9-10,16H2,1-3H3,(H,17,18). The lowest BCUT2D eigenvalue weighted by Crippen LogP contribution is -2.44. The molecule has 1 aromatic carbocycles. The van der Waals surface area contributed by atoms with E-state index in [-0.39, 0.29) is 11.8 Å². The van der Waals surface area contributed by atoms with Crippen LogP contribution in [0, 0.1) is 5.92 Å². The maximum Gasteiger partial charge on any atom is 0.237 e. The maximum absolute atomic E-state index is 11.7. The van der Waals surface area contributed by atoms with E-state index < -0.39 is 6.04 Å². The minimum absolute atomic E-state index is 0.0507. The van der Waals surface area contributed by atoms with Crippen LogP contribution < -0.4 is 11.1 Å². The van der Waals surface area contributed by atoms with Crippen LogP contribution >= 0.6 is 0 Å². The van der Waals surface area contributed by atoms with Gasteiger partial charge in [-0.15, -0.1) is 0 Å². The quantitative estimate of drug-likeness (QED) is 0.811. The Hall–Kier alpha value is -1.35. The van der Waals surface area contributed by atoms with Gasteiger partial charge in [-0.2, -0.15) is 0 Å². The van der Waals surface area contributed by atoms with Gasteiger partial charge in [0.05, 0.1) is 6.04 Å². The summed E-state index contributed by atoms with van der Waals surface area (Å²) in [5.41, 5.74) is 7.08. The van der Waals surface area contributed by atoms with Gasteiger partial charge in [0.15, 0.2) is 0 Å². The molecule has 0 spiro atoms. The molecule has 0 bridgehead atoms. The van der Waals surface area contributed by atoms with Crippen LogP contribution in [0.5, 0.6) is 0 Å². The van der Waals surface area contributed by atoms with E-state index in [1.54, 1.807) is 0 Å². The molecule has 3 heteroatoms. The molecule has 0 fully saturated rings. The molecule has 0 aliphatic heterocycles. The van der Waals surface area contributed by atoms with Crippen LogP contribution in [0.25, 0.3) is 0 Å². The number of rotatable bonds is 6. The maximum atomic E-state index is 11.7. The van der Waals surface area contributed by atoms with Gasteiger partial charge in [-0.1, -0.05) is 51.1 Å². The molecule has 1 rings (SSSR count). The second kappa shape index (κ2) is 7.17. The highest BCUT2D eigenvalue weighted by Gasteiger charge is 2.16. The van der Waals surface area contributed by atoms with Gasteiger partial charge in [0.25, 0.3) is 0 Å². The first-order valence-corrected chi connectivity index (χ1v) is 6.60. The summed E-state index contributed by atoms with van der Waals surface area (Å²) in [5, 5.41) is 2.90. The Morgan fingerprint density at radius 1 is 1.22 bits per heavy atom. The molecule has 2 atom stereocenters. The lowest BCUT2D eigenvalue weighted by atomic mass is 9.98. The largest absolute Gasteiger partial charge is 0.355 e. The van der Waals surface area contributed by atoms with Crippen molar-refractivity contribution < 1.29 is 4.79 Å². The molecular formula is C15H24N2O. The highest BCUT2D eigenvalue weighted by atomic mass is 16.2. The van der Waals surface area contributed by atoms with Crippen LogP contribution in [-0.4, -0.2) is 18.5 Å². The van der Waals surface area contributed by atoms with Crippen LogP contribution in [-0.2, 0) is 4.79 Å². The van der Waals surface area contributed by atoms with Crippen LogP contribution in [0.1, 0.15) is 38.7 Å². The van der Waals surface area contributed by atoms with Crippen molar-refractivity contribution in [1.82, 2.24) is 5.32 Å². The molecule has 3 N–H and O–H groups in total. The fourth-order valence-corrected chi connectivity index (χ4v) is 1.78. The van der Waals surface area contributed by atoms with E-state index in [0.29, 0.717) is 12.5 Å². The SMILES string of the molecule is CC(CCNC(=O)C(N)C(C)C)c1ccccc1. The van der Waals surface area contributed by atoms with Gasteiger partial charge in [0, 0.05) is 6.54 Å². The molecular weight excluding hydrogens is 224 g/mol. The Bertz CT molecular complexity index is 362. The third-order valence-corrected chi connectivity index (χ3v) is 3.27. The molecule has 0 radical (unpaired) electrons. The number of hydrogen-bond acceptors (Lipinski definition) is 2. The van der Waals surface area contributed by atoms with Gasteiger partial charge in [0.2, 0.25) is 5.91 Å². The van der Waals surface area contributed by atoms with Crippen LogP contribution in [0.4, 0.5) is 0 Å². The number of nitrogens with two attached hydrogens (primary N) is 1. The van der Waals surface area contributed by atoms with E-state index in [2.05, 4.69) is 24.4 Å². The Labute approximate surface area is 110 Å². The van der Waals surface area contributed by atoms with Crippen LogP contribution in [0.15, 0.2) is 30.3 Å². The van der Waals surface area contributed by atoms with Gasteiger partial charge in [-0.3, -0.25) is 4.79 Å². The van der Waals surface area contributed by atoms with Crippen molar-refractivity contribution in [2.24, 2.45) is 11.7 Å². The summed E-state index contributed by atoms with van der Waals surface area (Å²) in [6.07, 6.45) is 0.931. The van der Waals surface area contributed by atoms with Gasteiger partial charge >= 0.3 is 0 Å². The fraction of sp³-hybridized carbons (Fsp3) is 0.533. The summed E-state index contributed by atoms with van der Waals surface area (Å²) in [6, 6.07) is 9.92. The molecule has 0 aliphatic carbocycles. The molecule has 3 nitrogen and oxygen atoms in total. The van der Waals surface area contributed by atoms with E-state index in [1.165, 1.54) is 5.56 Å². The van der Waals surface area contributed by atoms with Crippen molar-refractivity contribution in [1.29, 1.82) is 0 Å². The first-order chi connectivity index (χ1) is 8.52. The molecule has 0 heterocycles. The van der Waals surface area contributed by atoms with E-state index in [0.717, 1.165) is 6.42 Å². The van der Waals surface area contributed by atoms with Gasteiger partial charge in [0.1, 0.15) is 0 Å². The van der Waals surface area contributed by atoms with Crippen molar-refractivity contribution in [3.8, 4) is 0 Å². The number of amides is 1. The van der Waals surface area contributed by atoms with Crippen LogP contribution in [0.3, 0.4) is 0 Å². The molecule has 1 aromatic rings. The van der Waals surface area contributed by atoms with Crippen molar-refractivity contribution in [3.05, 3.63) is 35.9 Å². The summed E-state index contributed by atoms with van der Waals surface area (Å²) in [5.74, 6) is 0.573. The highest BCUT2D eigenvalue weighted by molar-refractivity contribution is 5.81. The zero-order valence-corrected chi connectivity index (χ0v) is 11.5. The Balaban J connectivity index is 2.32. The normalized spacial score (nSPS) is 14.3. The number of benzene rings is 1. The lowest BCUT2D eigenvalue weighted by molar-refractivity contribution is -0.123. The van der Waals surface area contributed by atoms with Crippen LogP contribution in [0.2, 0.25) is 0 Å². The fourth-order valence-electron chi connectivity index (χ4n) is 1.78. The molecule has 1 amide bonds.